The zero-order chi connectivity index (χ0) is 17.6. The number of nitrogens with zero attached hydrogens (tertiary/aromatic N) is 1. The SMILES string of the molecule is CC1(O)CN(C2CCc3cc(OCc4c(Cl)cccc4Cl)ccc32)C1. The van der Waals surface area contributed by atoms with Crippen LogP contribution in [0.15, 0.2) is 36.4 Å². The summed E-state index contributed by atoms with van der Waals surface area (Å²) in [6.45, 7) is 3.76. The summed E-state index contributed by atoms with van der Waals surface area (Å²) < 4.78 is 5.93. The first-order chi connectivity index (χ1) is 11.9. The molecule has 1 N–H and O–H groups in total. The van der Waals surface area contributed by atoms with E-state index in [0.717, 1.165) is 37.2 Å². The van der Waals surface area contributed by atoms with Crippen molar-refractivity contribution in [1.82, 2.24) is 4.90 Å². The van der Waals surface area contributed by atoms with Gasteiger partial charge in [-0.25, -0.2) is 0 Å². The molecule has 5 heteroatoms. The smallest absolute Gasteiger partial charge is 0.120 e. The van der Waals surface area contributed by atoms with E-state index in [1.807, 2.05) is 31.2 Å². The summed E-state index contributed by atoms with van der Waals surface area (Å²) in [5.74, 6) is 0.839. The van der Waals surface area contributed by atoms with Crippen molar-refractivity contribution in [1.29, 1.82) is 0 Å². The van der Waals surface area contributed by atoms with Crippen molar-refractivity contribution >= 4 is 23.2 Å². The number of fused-ring (bicyclic) bond motifs is 1. The number of aryl methyl sites for hydroxylation is 1. The third-order valence-electron chi connectivity index (χ3n) is 5.13. The van der Waals surface area contributed by atoms with Crippen molar-refractivity contribution < 1.29 is 9.84 Å². The Hall–Kier alpha value is -1.26. The highest BCUT2D eigenvalue weighted by atomic mass is 35.5. The van der Waals surface area contributed by atoms with Crippen molar-refractivity contribution in [2.75, 3.05) is 13.1 Å². The van der Waals surface area contributed by atoms with Gasteiger partial charge in [-0.1, -0.05) is 35.3 Å². The van der Waals surface area contributed by atoms with Gasteiger partial charge >= 0.3 is 0 Å². The molecular weight excluding hydrogens is 357 g/mol. The van der Waals surface area contributed by atoms with Gasteiger partial charge in [0, 0.05) is 34.7 Å². The summed E-state index contributed by atoms with van der Waals surface area (Å²) in [5, 5.41) is 11.2. The first kappa shape index (κ1) is 17.2. The van der Waals surface area contributed by atoms with E-state index >= 15 is 0 Å². The molecule has 0 aromatic heterocycles. The first-order valence-corrected chi connectivity index (χ1v) is 9.33. The first-order valence-electron chi connectivity index (χ1n) is 8.58. The number of ether oxygens (including phenoxy) is 1. The summed E-state index contributed by atoms with van der Waals surface area (Å²) in [6.07, 6.45) is 2.15. The molecule has 0 bridgehead atoms. The lowest BCUT2D eigenvalue weighted by Crippen LogP contribution is -2.60. The highest BCUT2D eigenvalue weighted by molar-refractivity contribution is 6.35. The fraction of sp³-hybridized carbons (Fsp3) is 0.400. The van der Waals surface area contributed by atoms with Crippen LogP contribution < -0.4 is 4.74 Å². The molecule has 25 heavy (non-hydrogen) atoms. The normalized spacial score (nSPS) is 21.7. The van der Waals surface area contributed by atoms with Crippen LogP contribution in [0.1, 0.15) is 36.1 Å². The molecule has 2 aliphatic rings. The molecular formula is C20H21Cl2NO2. The Labute approximate surface area is 158 Å². The maximum absolute atomic E-state index is 9.98. The molecule has 1 heterocycles. The minimum atomic E-state index is -0.528. The molecule has 4 rings (SSSR count). The lowest BCUT2D eigenvalue weighted by molar-refractivity contribution is -0.103. The average Bonchev–Trinajstić information content (AvgIpc) is 2.95. The van der Waals surface area contributed by atoms with Crippen molar-refractivity contribution in [2.45, 2.75) is 38.0 Å². The second-order valence-electron chi connectivity index (χ2n) is 7.31. The third kappa shape index (κ3) is 3.39. The van der Waals surface area contributed by atoms with Crippen molar-refractivity contribution in [3.05, 3.63) is 63.1 Å². The summed E-state index contributed by atoms with van der Waals surface area (Å²) in [7, 11) is 0. The van der Waals surface area contributed by atoms with Gasteiger partial charge in [-0.2, -0.15) is 0 Å². The second-order valence-corrected chi connectivity index (χ2v) is 8.12. The Bertz CT molecular complexity index is 778. The minimum Gasteiger partial charge on any atom is -0.489 e. The van der Waals surface area contributed by atoms with Gasteiger partial charge in [-0.15, -0.1) is 0 Å². The van der Waals surface area contributed by atoms with Crippen LogP contribution in [0.25, 0.3) is 0 Å². The van der Waals surface area contributed by atoms with Gasteiger partial charge in [-0.05, 0) is 55.2 Å². The van der Waals surface area contributed by atoms with Crippen LogP contribution in [0.2, 0.25) is 10.0 Å². The molecule has 2 aromatic rings. The molecule has 2 aromatic carbocycles. The Morgan fingerprint density at radius 1 is 1.20 bits per heavy atom. The van der Waals surface area contributed by atoms with Crippen molar-refractivity contribution in [3.63, 3.8) is 0 Å². The molecule has 0 spiro atoms. The van der Waals surface area contributed by atoms with Gasteiger partial charge in [0.25, 0.3) is 0 Å². The van der Waals surface area contributed by atoms with Gasteiger partial charge in [0.05, 0.1) is 5.60 Å². The number of likely N-dealkylation sites (tertiary alicyclic amines) is 1. The van der Waals surface area contributed by atoms with Crippen LogP contribution in [0.5, 0.6) is 5.75 Å². The van der Waals surface area contributed by atoms with Gasteiger partial charge < -0.3 is 9.84 Å². The van der Waals surface area contributed by atoms with E-state index in [-0.39, 0.29) is 0 Å². The Kier molecular flexibility index (Phi) is 4.45. The van der Waals surface area contributed by atoms with Gasteiger partial charge in [0.15, 0.2) is 0 Å². The molecule has 0 saturated carbocycles. The van der Waals surface area contributed by atoms with Crippen LogP contribution in [0.3, 0.4) is 0 Å². The summed E-state index contributed by atoms with van der Waals surface area (Å²) in [5.41, 5.74) is 2.98. The van der Waals surface area contributed by atoms with Crippen molar-refractivity contribution in [3.8, 4) is 5.75 Å². The van der Waals surface area contributed by atoms with E-state index in [1.165, 1.54) is 11.1 Å². The molecule has 1 aliphatic carbocycles. The van der Waals surface area contributed by atoms with Crippen LogP contribution in [0.4, 0.5) is 0 Å². The van der Waals surface area contributed by atoms with E-state index in [0.29, 0.717) is 22.7 Å². The van der Waals surface area contributed by atoms with Gasteiger partial charge in [-0.3, -0.25) is 4.90 Å². The highest BCUT2D eigenvalue weighted by Crippen LogP contribution is 2.41. The summed E-state index contributed by atoms with van der Waals surface area (Å²) in [4.78, 5) is 2.36. The summed E-state index contributed by atoms with van der Waals surface area (Å²) in [6, 6.07) is 12.2. The van der Waals surface area contributed by atoms with E-state index in [9.17, 15) is 5.11 Å². The maximum Gasteiger partial charge on any atom is 0.120 e. The Morgan fingerprint density at radius 3 is 2.60 bits per heavy atom. The number of aliphatic hydroxyl groups is 1. The molecule has 1 atom stereocenters. The lowest BCUT2D eigenvalue weighted by atomic mass is 9.92. The molecule has 0 radical (unpaired) electrons. The van der Waals surface area contributed by atoms with Gasteiger partial charge in [0.2, 0.25) is 0 Å². The van der Waals surface area contributed by atoms with Crippen LogP contribution in [0, 0.1) is 0 Å². The van der Waals surface area contributed by atoms with Gasteiger partial charge in [0.1, 0.15) is 12.4 Å². The molecule has 1 saturated heterocycles. The number of halogens is 2. The highest BCUT2D eigenvalue weighted by Gasteiger charge is 2.42. The van der Waals surface area contributed by atoms with Crippen LogP contribution in [-0.4, -0.2) is 28.7 Å². The molecule has 1 unspecified atom stereocenters. The van der Waals surface area contributed by atoms with Crippen LogP contribution in [-0.2, 0) is 13.0 Å². The lowest BCUT2D eigenvalue weighted by Gasteiger charge is -2.47. The maximum atomic E-state index is 9.98. The predicted molar refractivity (Wildman–Crippen MR) is 100 cm³/mol. The fourth-order valence-corrected chi connectivity index (χ4v) is 4.42. The minimum absolute atomic E-state index is 0.357. The second kappa shape index (κ2) is 6.48. The van der Waals surface area contributed by atoms with E-state index in [4.69, 9.17) is 27.9 Å². The number of rotatable bonds is 4. The molecule has 1 fully saturated rings. The zero-order valence-electron chi connectivity index (χ0n) is 14.1. The number of benzene rings is 2. The molecule has 3 nitrogen and oxygen atoms in total. The Balaban J connectivity index is 1.46. The standard InChI is InChI=1S/C20H21Cl2NO2/c1-20(24)11-23(12-20)19-8-5-13-9-14(6-7-15(13)19)25-10-16-17(21)3-2-4-18(16)22/h2-4,6-7,9,19,24H,5,8,10-12H2,1H3. The predicted octanol–water partition coefficient (Wildman–Crippen LogP) is 4.63. The largest absolute Gasteiger partial charge is 0.489 e. The van der Waals surface area contributed by atoms with E-state index < -0.39 is 5.60 Å². The molecule has 132 valence electrons. The van der Waals surface area contributed by atoms with Crippen LogP contribution >= 0.6 is 23.2 Å². The number of β-amino-alcohol motifs (C(OH)–C–C–N with tert-alkyl or cyclic N) is 1. The third-order valence-corrected chi connectivity index (χ3v) is 5.84. The molecule has 0 amide bonds. The zero-order valence-corrected chi connectivity index (χ0v) is 15.6. The monoisotopic (exact) mass is 377 g/mol. The molecule has 1 aliphatic heterocycles. The van der Waals surface area contributed by atoms with E-state index in [1.54, 1.807) is 0 Å². The van der Waals surface area contributed by atoms with Crippen molar-refractivity contribution in [2.24, 2.45) is 0 Å². The Morgan fingerprint density at radius 2 is 1.92 bits per heavy atom. The topological polar surface area (TPSA) is 32.7 Å². The number of hydrogen-bond donors (Lipinski definition) is 1. The van der Waals surface area contributed by atoms with E-state index in [2.05, 4.69) is 17.0 Å². The fourth-order valence-electron chi connectivity index (χ4n) is 3.92. The quantitative estimate of drug-likeness (QED) is 0.842. The average molecular weight is 378 g/mol. The number of hydrogen-bond acceptors (Lipinski definition) is 3. The summed E-state index contributed by atoms with van der Waals surface area (Å²) >= 11 is 12.4.